The summed E-state index contributed by atoms with van der Waals surface area (Å²) in [5.41, 5.74) is 0.834. The molecule has 0 aromatic heterocycles. The second kappa shape index (κ2) is 10.3. The van der Waals surface area contributed by atoms with Crippen LogP contribution < -0.4 is 14.8 Å². The number of hydrogen-bond donors (Lipinski definition) is 1. The molecule has 174 valence electrons. The molecule has 0 spiro atoms. The maximum atomic E-state index is 14.0. The molecule has 1 saturated heterocycles. The van der Waals surface area contributed by atoms with Crippen molar-refractivity contribution >= 4 is 15.9 Å². The first-order valence-corrected chi connectivity index (χ1v) is 11.7. The molecule has 32 heavy (non-hydrogen) atoms. The lowest BCUT2D eigenvalue weighted by Gasteiger charge is -2.30. The van der Waals surface area contributed by atoms with Crippen LogP contribution in [0.25, 0.3) is 0 Å². The summed E-state index contributed by atoms with van der Waals surface area (Å²) in [6.45, 7) is 2.76. The highest BCUT2D eigenvalue weighted by molar-refractivity contribution is 7.89. The summed E-state index contributed by atoms with van der Waals surface area (Å²) < 4.78 is 64.6. The molecule has 2 aromatic carbocycles. The Morgan fingerprint density at radius 1 is 1.12 bits per heavy atom. The summed E-state index contributed by atoms with van der Waals surface area (Å²) in [5, 5.41) is 2.86. The van der Waals surface area contributed by atoms with Crippen LogP contribution in [-0.4, -0.2) is 45.4 Å². The minimum atomic E-state index is -4.18. The van der Waals surface area contributed by atoms with Crippen molar-refractivity contribution in [2.45, 2.75) is 31.2 Å². The van der Waals surface area contributed by atoms with E-state index < -0.39 is 26.6 Å². The molecular formula is C22H26F2N2O5S. The SMILES string of the molecule is CCOc1ccc(CNC(=O)C2CCN(S(=O)(=O)c3cc(F)ccc3F)CC2)cc1OC. The third-order valence-electron chi connectivity index (χ3n) is 5.33. The average molecular weight is 469 g/mol. The number of hydrogen-bond acceptors (Lipinski definition) is 5. The fourth-order valence-corrected chi connectivity index (χ4v) is 5.15. The normalized spacial score (nSPS) is 15.4. The van der Waals surface area contributed by atoms with E-state index in [0.29, 0.717) is 24.2 Å². The Morgan fingerprint density at radius 2 is 1.84 bits per heavy atom. The Bertz CT molecular complexity index is 1070. The second-order valence-electron chi connectivity index (χ2n) is 7.39. The number of amides is 1. The van der Waals surface area contributed by atoms with Crippen molar-refractivity contribution in [2.75, 3.05) is 26.8 Å². The molecule has 1 fully saturated rings. The molecule has 1 aliphatic rings. The maximum absolute atomic E-state index is 14.0. The molecule has 1 amide bonds. The first-order chi connectivity index (χ1) is 15.3. The van der Waals surface area contributed by atoms with E-state index in [1.807, 2.05) is 13.0 Å². The standard InChI is InChI=1S/C22H26F2N2O5S/c1-3-31-19-7-4-15(12-20(19)30-2)14-25-22(27)16-8-10-26(11-9-16)32(28,29)21-13-17(23)5-6-18(21)24/h4-7,12-13,16H,3,8-11,14H2,1-2H3,(H,25,27). The van der Waals surface area contributed by atoms with Gasteiger partial charge in [-0.2, -0.15) is 4.31 Å². The number of carbonyl (C=O) groups excluding carboxylic acids is 1. The van der Waals surface area contributed by atoms with E-state index in [-0.39, 0.29) is 44.3 Å². The van der Waals surface area contributed by atoms with Gasteiger partial charge < -0.3 is 14.8 Å². The van der Waals surface area contributed by atoms with Crippen LogP contribution in [0.15, 0.2) is 41.3 Å². The van der Waals surface area contributed by atoms with E-state index >= 15 is 0 Å². The van der Waals surface area contributed by atoms with E-state index in [4.69, 9.17) is 9.47 Å². The van der Waals surface area contributed by atoms with Crippen LogP contribution in [0.1, 0.15) is 25.3 Å². The molecule has 0 aliphatic carbocycles. The van der Waals surface area contributed by atoms with Crippen LogP contribution in [-0.2, 0) is 21.4 Å². The molecule has 3 rings (SSSR count). The number of rotatable bonds is 8. The van der Waals surface area contributed by atoms with Gasteiger partial charge in [0.2, 0.25) is 15.9 Å². The number of nitrogens with one attached hydrogen (secondary N) is 1. The van der Waals surface area contributed by atoms with Gasteiger partial charge >= 0.3 is 0 Å². The van der Waals surface area contributed by atoms with Gasteiger partial charge in [0.05, 0.1) is 13.7 Å². The Labute approximate surface area is 186 Å². The average Bonchev–Trinajstić information content (AvgIpc) is 2.79. The molecule has 1 N–H and O–H groups in total. The summed E-state index contributed by atoms with van der Waals surface area (Å²) in [6.07, 6.45) is 0.573. The lowest BCUT2D eigenvalue weighted by atomic mass is 9.97. The van der Waals surface area contributed by atoms with Crippen LogP contribution in [0.3, 0.4) is 0 Å². The first kappa shape index (κ1) is 23.9. The molecule has 1 aliphatic heterocycles. The first-order valence-electron chi connectivity index (χ1n) is 10.3. The van der Waals surface area contributed by atoms with Crippen LogP contribution in [0, 0.1) is 17.6 Å². The van der Waals surface area contributed by atoms with Gasteiger partial charge in [0.1, 0.15) is 16.5 Å². The Morgan fingerprint density at radius 3 is 2.50 bits per heavy atom. The third kappa shape index (κ3) is 5.36. The summed E-state index contributed by atoms with van der Waals surface area (Å²) >= 11 is 0. The van der Waals surface area contributed by atoms with Gasteiger partial charge in [-0.25, -0.2) is 17.2 Å². The van der Waals surface area contributed by atoms with Crippen molar-refractivity contribution in [3.05, 3.63) is 53.6 Å². The maximum Gasteiger partial charge on any atom is 0.246 e. The zero-order valence-corrected chi connectivity index (χ0v) is 18.8. The Balaban J connectivity index is 1.57. The van der Waals surface area contributed by atoms with Gasteiger partial charge in [-0.3, -0.25) is 4.79 Å². The number of halogens is 2. The van der Waals surface area contributed by atoms with E-state index in [1.54, 1.807) is 12.1 Å². The summed E-state index contributed by atoms with van der Waals surface area (Å²) in [6, 6.07) is 7.72. The highest BCUT2D eigenvalue weighted by Crippen LogP contribution is 2.29. The summed E-state index contributed by atoms with van der Waals surface area (Å²) in [4.78, 5) is 11.9. The molecule has 0 atom stereocenters. The fraction of sp³-hybridized carbons (Fsp3) is 0.409. The van der Waals surface area contributed by atoms with Crippen LogP contribution in [0.5, 0.6) is 11.5 Å². The number of sulfonamides is 1. The number of methoxy groups -OCH3 is 1. The minimum Gasteiger partial charge on any atom is -0.493 e. The Kier molecular flexibility index (Phi) is 7.68. The molecular weight excluding hydrogens is 442 g/mol. The molecule has 1 heterocycles. The lowest BCUT2D eigenvalue weighted by molar-refractivity contribution is -0.126. The summed E-state index contributed by atoms with van der Waals surface area (Å²) in [5.74, 6) is -1.20. The smallest absolute Gasteiger partial charge is 0.246 e. The quantitative estimate of drug-likeness (QED) is 0.644. The zero-order chi connectivity index (χ0) is 23.3. The molecule has 2 aromatic rings. The van der Waals surface area contributed by atoms with Gasteiger partial charge in [0.25, 0.3) is 0 Å². The highest BCUT2D eigenvalue weighted by Gasteiger charge is 2.33. The van der Waals surface area contributed by atoms with Crippen LogP contribution in [0.2, 0.25) is 0 Å². The van der Waals surface area contributed by atoms with Crippen LogP contribution >= 0.6 is 0 Å². The highest BCUT2D eigenvalue weighted by atomic mass is 32.2. The van der Waals surface area contributed by atoms with E-state index in [9.17, 15) is 22.0 Å². The predicted molar refractivity (Wildman–Crippen MR) is 114 cm³/mol. The lowest BCUT2D eigenvalue weighted by Crippen LogP contribution is -2.43. The van der Waals surface area contributed by atoms with Crippen molar-refractivity contribution in [2.24, 2.45) is 5.92 Å². The van der Waals surface area contributed by atoms with Crippen molar-refractivity contribution in [1.82, 2.24) is 9.62 Å². The monoisotopic (exact) mass is 468 g/mol. The van der Waals surface area contributed by atoms with E-state index in [0.717, 1.165) is 22.0 Å². The van der Waals surface area contributed by atoms with Gasteiger partial charge in [-0.05, 0) is 55.7 Å². The predicted octanol–water partition coefficient (Wildman–Crippen LogP) is 3.09. The molecule has 0 radical (unpaired) electrons. The third-order valence-corrected chi connectivity index (χ3v) is 7.24. The molecule has 7 nitrogen and oxygen atoms in total. The van der Waals surface area contributed by atoms with Crippen molar-refractivity contribution in [1.29, 1.82) is 0 Å². The number of piperidine rings is 1. The van der Waals surface area contributed by atoms with Crippen molar-refractivity contribution < 1.29 is 31.5 Å². The summed E-state index contributed by atoms with van der Waals surface area (Å²) in [7, 11) is -2.64. The molecule has 0 bridgehead atoms. The van der Waals surface area contributed by atoms with E-state index in [1.165, 1.54) is 7.11 Å². The molecule has 0 unspecified atom stereocenters. The van der Waals surface area contributed by atoms with Crippen LogP contribution in [0.4, 0.5) is 8.78 Å². The number of benzene rings is 2. The molecule has 0 saturated carbocycles. The zero-order valence-electron chi connectivity index (χ0n) is 17.9. The fourth-order valence-electron chi connectivity index (χ4n) is 3.60. The van der Waals surface area contributed by atoms with Gasteiger partial charge in [0, 0.05) is 25.6 Å². The molecule has 10 heteroatoms. The Hall–Kier alpha value is -2.72. The van der Waals surface area contributed by atoms with Crippen molar-refractivity contribution in [3.63, 3.8) is 0 Å². The minimum absolute atomic E-state index is 0.0489. The van der Waals surface area contributed by atoms with Gasteiger partial charge in [0.15, 0.2) is 11.5 Å². The number of carbonyl (C=O) groups is 1. The van der Waals surface area contributed by atoms with Gasteiger partial charge in [-0.15, -0.1) is 0 Å². The van der Waals surface area contributed by atoms with E-state index in [2.05, 4.69) is 5.32 Å². The number of ether oxygens (including phenoxy) is 2. The van der Waals surface area contributed by atoms with Crippen molar-refractivity contribution in [3.8, 4) is 11.5 Å². The number of nitrogens with zero attached hydrogens (tertiary/aromatic N) is 1. The topological polar surface area (TPSA) is 84.9 Å². The van der Waals surface area contributed by atoms with Gasteiger partial charge in [-0.1, -0.05) is 6.07 Å². The largest absolute Gasteiger partial charge is 0.493 e. The second-order valence-corrected chi connectivity index (χ2v) is 9.30.